The summed E-state index contributed by atoms with van der Waals surface area (Å²) in [6, 6.07) is 8.54. The van der Waals surface area contributed by atoms with Gasteiger partial charge in [0.25, 0.3) is 5.91 Å². The van der Waals surface area contributed by atoms with Gasteiger partial charge in [0.05, 0.1) is 5.52 Å². The first-order valence-corrected chi connectivity index (χ1v) is 9.18. The molecule has 1 amide bonds. The SMILES string of the molecule is Cc1cc(C(C)(O)c2ccc3c(C(=O)N(C)C)nn(-c4ccnc(N)n4)c3c2)no1. The summed E-state index contributed by atoms with van der Waals surface area (Å²) in [7, 11) is 3.31. The summed E-state index contributed by atoms with van der Waals surface area (Å²) in [5.41, 5.74) is 6.08. The number of fused-ring (bicyclic) bond motifs is 1. The monoisotopic (exact) mass is 407 g/mol. The van der Waals surface area contributed by atoms with Crippen LogP contribution in [0.1, 0.15) is 34.4 Å². The molecule has 0 fully saturated rings. The van der Waals surface area contributed by atoms with Crippen LogP contribution in [0, 0.1) is 6.92 Å². The third kappa shape index (κ3) is 3.16. The standard InChI is InChI=1S/C20H21N7O3/c1-11-9-15(25-30-11)20(2,29)12-5-6-13-14(10-12)27(16-7-8-22-19(21)23-16)24-17(13)18(28)26(3)4/h5-10,29H,1-4H3,(H2,21,22,23). The van der Waals surface area contributed by atoms with Crippen molar-refractivity contribution in [3.63, 3.8) is 0 Å². The van der Waals surface area contributed by atoms with Crippen molar-refractivity contribution in [2.45, 2.75) is 19.4 Å². The summed E-state index contributed by atoms with van der Waals surface area (Å²) in [5, 5.41) is 20.2. The highest BCUT2D eigenvalue weighted by molar-refractivity contribution is 6.05. The molecule has 4 aromatic rings. The lowest BCUT2D eigenvalue weighted by Crippen LogP contribution is -2.23. The van der Waals surface area contributed by atoms with Gasteiger partial charge >= 0.3 is 0 Å². The van der Waals surface area contributed by atoms with Crippen LogP contribution in [0.3, 0.4) is 0 Å². The fourth-order valence-electron chi connectivity index (χ4n) is 3.19. The second-order valence-corrected chi connectivity index (χ2v) is 7.36. The molecule has 0 aliphatic rings. The van der Waals surface area contributed by atoms with E-state index < -0.39 is 5.60 Å². The average Bonchev–Trinajstić information content (AvgIpc) is 3.31. The molecule has 3 N–H and O–H groups in total. The second kappa shape index (κ2) is 6.92. The van der Waals surface area contributed by atoms with Gasteiger partial charge in [-0.2, -0.15) is 10.1 Å². The first-order chi connectivity index (χ1) is 14.2. The molecule has 0 spiro atoms. The summed E-state index contributed by atoms with van der Waals surface area (Å²) >= 11 is 0. The molecule has 10 heteroatoms. The highest BCUT2D eigenvalue weighted by Gasteiger charge is 2.31. The molecule has 10 nitrogen and oxygen atoms in total. The number of carbonyl (C=O) groups excluding carboxylic acids is 1. The van der Waals surface area contributed by atoms with E-state index in [0.717, 1.165) is 0 Å². The zero-order chi connectivity index (χ0) is 21.6. The fourth-order valence-corrected chi connectivity index (χ4v) is 3.19. The van der Waals surface area contributed by atoms with Gasteiger partial charge in [0.2, 0.25) is 5.95 Å². The van der Waals surface area contributed by atoms with E-state index in [2.05, 4.69) is 20.2 Å². The molecule has 0 saturated heterocycles. The van der Waals surface area contributed by atoms with Crippen LogP contribution in [-0.2, 0) is 5.60 Å². The number of benzene rings is 1. The maximum absolute atomic E-state index is 12.7. The Balaban J connectivity index is 1.96. The first-order valence-electron chi connectivity index (χ1n) is 9.18. The number of hydrogen-bond donors (Lipinski definition) is 2. The molecular weight excluding hydrogens is 386 g/mol. The van der Waals surface area contributed by atoms with Gasteiger partial charge in [-0.1, -0.05) is 11.2 Å². The molecule has 3 aromatic heterocycles. The van der Waals surface area contributed by atoms with E-state index in [-0.39, 0.29) is 17.5 Å². The minimum absolute atomic E-state index is 0.0814. The number of nitrogen functional groups attached to an aromatic ring is 1. The summed E-state index contributed by atoms with van der Waals surface area (Å²) in [6.07, 6.45) is 1.51. The van der Waals surface area contributed by atoms with Crippen LogP contribution in [0.15, 0.2) is 41.1 Å². The zero-order valence-corrected chi connectivity index (χ0v) is 17.0. The van der Waals surface area contributed by atoms with Crippen molar-refractivity contribution in [3.05, 3.63) is 59.2 Å². The summed E-state index contributed by atoms with van der Waals surface area (Å²) < 4.78 is 6.63. The van der Waals surface area contributed by atoms with E-state index in [1.165, 1.54) is 15.8 Å². The molecule has 4 rings (SSSR count). The van der Waals surface area contributed by atoms with E-state index in [1.807, 2.05) is 0 Å². The van der Waals surface area contributed by atoms with Gasteiger partial charge in [0.15, 0.2) is 11.5 Å². The number of anilines is 1. The van der Waals surface area contributed by atoms with Crippen molar-refractivity contribution in [1.82, 2.24) is 29.8 Å². The highest BCUT2D eigenvalue weighted by Crippen LogP contribution is 2.32. The molecule has 1 aromatic carbocycles. The van der Waals surface area contributed by atoms with E-state index in [0.29, 0.717) is 33.7 Å². The molecular formula is C20H21N7O3. The molecule has 30 heavy (non-hydrogen) atoms. The van der Waals surface area contributed by atoms with Gasteiger partial charge in [-0.05, 0) is 31.5 Å². The fraction of sp³-hybridized carbons (Fsp3) is 0.250. The summed E-state index contributed by atoms with van der Waals surface area (Å²) in [4.78, 5) is 22.3. The second-order valence-electron chi connectivity index (χ2n) is 7.36. The lowest BCUT2D eigenvalue weighted by molar-refractivity contribution is 0.0823. The number of nitrogens with two attached hydrogens (primary N) is 1. The van der Waals surface area contributed by atoms with Gasteiger partial charge in [-0.3, -0.25) is 4.79 Å². The highest BCUT2D eigenvalue weighted by atomic mass is 16.5. The van der Waals surface area contributed by atoms with Crippen LogP contribution in [-0.4, -0.2) is 54.9 Å². The van der Waals surface area contributed by atoms with E-state index in [9.17, 15) is 9.90 Å². The van der Waals surface area contributed by atoms with E-state index in [4.69, 9.17) is 10.3 Å². The van der Waals surface area contributed by atoms with Crippen molar-refractivity contribution in [3.8, 4) is 5.82 Å². The Morgan fingerprint density at radius 2 is 2.03 bits per heavy atom. The Bertz CT molecular complexity index is 1260. The van der Waals surface area contributed by atoms with Crippen LogP contribution in [0.4, 0.5) is 5.95 Å². The Morgan fingerprint density at radius 1 is 1.27 bits per heavy atom. The number of nitrogens with zero attached hydrogens (tertiary/aromatic N) is 6. The van der Waals surface area contributed by atoms with Crippen LogP contribution in [0.5, 0.6) is 0 Å². The maximum atomic E-state index is 12.7. The normalized spacial score (nSPS) is 13.4. The van der Waals surface area contributed by atoms with Crippen LogP contribution >= 0.6 is 0 Å². The predicted molar refractivity (Wildman–Crippen MR) is 109 cm³/mol. The van der Waals surface area contributed by atoms with Crippen LogP contribution in [0.25, 0.3) is 16.7 Å². The van der Waals surface area contributed by atoms with Crippen molar-refractivity contribution < 1.29 is 14.4 Å². The molecule has 0 saturated carbocycles. The van der Waals surface area contributed by atoms with E-state index in [1.54, 1.807) is 58.3 Å². The summed E-state index contributed by atoms with van der Waals surface area (Å²) in [5.74, 6) is 0.816. The third-order valence-corrected chi connectivity index (χ3v) is 4.86. The van der Waals surface area contributed by atoms with Crippen molar-refractivity contribution in [2.24, 2.45) is 0 Å². The quantitative estimate of drug-likeness (QED) is 0.521. The average molecular weight is 407 g/mol. The largest absolute Gasteiger partial charge is 0.379 e. The van der Waals surface area contributed by atoms with Crippen molar-refractivity contribution >= 4 is 22.8 Å². The number of amides is 1. The molecule has 0 aliphatic carbocycles. The van der Waals surface area contributed by atoms with Gasteiger partial charge in [-0.25, -0.2) is 9.67 Å². The first kappa shape index (κ1) is 19.5. The molecule has 154 valence electrons. The lowest BCUT2D eigenvalue weighted by atomic mass is 9.91. The van der Waals surface area contributed by atoms with Crippen molar-refractivity contribution in [2.75, 3.05) is 19.8 Å². The van der Waals surface area contributed by atoms with Gasteiger partial charge in [0, 0.05) is 37.8 Å². The third-order valence-electron chi connectivity index (χ3n) is 4.86. The topological polar surface area (TPSA) is 136 Å². The predicted octanol–water partition coefficient (Wildman–Crippen LogP) is 1.65. The molecule has 0 bridgehead atoms. The number of carbonyl (C=O) groups is 1. The number of rotatable bonds is 4. The molecule has 3 heterocycles. The number of aliphatic hydroxyl groups is 1. The maximum Gasteiger partial charge on any atom is 0.274 e. The molecule has 1 atom stereocenters. The number of aryl methyl sites for hydroxylation is 1. The Hall–Kier alpha value is -3.79. The van der Waals surface area contributed by atoms with Crippen LogP contribution in [0.2, 0.25) is 0 Å². The van der Waals surface area contributed by atoms with E-state index >= 15 is 0 Å². The molecule has 0 aliphatic heterocycles. The Morgan fingerprint density at radius 3 is 2.67 bits per heavy atom. The van der Waals surface area contributed by atoms with Gasteiger partial charge in [0.1, 0.15) is 17.1 Å². The molecule has 0 radical (unpaired) electrons. The number of aromatic nitrogens is 5. The summed E-state index contributed by atoms with van der Waals surface area (Å²) in [6.45, 7) is 3.38. The van der Waals surface area contributed by atoms with Crippen molar-refractivity contribution in [1.29, 1.82) is 0 Å². The minimum Gasteiger partial charge on any atom is -0.379 e. The Labute approximate surface area is 171 Å². The van der Waals surface area contributed by atoms with Gasteiger partial charge in [-0.15, -0.1) is 0 Å². The smallest absolute Gasteiger partial charge is 0.274 e. The Kier molecular flexibility index (Phi) is 4.50. The minimum atomic E-state index is -1.42. The number of hydrogen-bond acceptors (Lipinski definition) is 8. The van der Waals surface area contributed by atoms with Crippen LogP contribution < -0.4 is 5.73 Å². The zero-order valence-electron chi connectivity index (χ0n) is 17.0. The lowest BCUT2D eigenvalue weighted by Gasteiger charge is -2.21. The molecule has 1 unspecified atom stereocenters. The van der Waals surface area contributed by atoms with Gasteiger partial charge < -0.3 is 20.3 Å².